The first-order valence-corrected chi connectivity index (χ1v) is 13.5. The number of nitrogens with two attached hydrogens (primary N) is 1. The van der Waals surface area contributed by atoms with E-state index in [1.807, 2.05) is 0 Å². The van der Waals surface area contributed by atoms with Gasteiger partial charge in [0.1, 0.15) is 0 Å². The molecule has 0 aromatic heterocycles. The van der Waals surface area contributed by atoms with Crippen LogP contribution in [-0.4, -0.2) is 24.2 Å². The molecule has 176 valence electrons. The van der Waals surface area contributed by atoms with Crippen molar-refractivity contribution in [3.8, 4) is 0 Å². The normalized spacial score (nSPS) is 13.1. The van der Waals surface area contributed by atoms with Crippen LogP contribution in [0.4, 0.5) is 0 Å². The quantitative estimate of drug-likeness (QED) is 0.143. The van der Waals surface area contributed by atoms with Gasteiger partial charge < -0.3 is 5.73 Å². The van der Waals surface area contributed by atoms with Crippen LogP contribution in [0.25, 0.3) is 0 Å². The molecule has 2 N–H and O–H groups in total. The van der Waals surface area contributed by atoms with Gasteiger partial charge in [0, 0.05) is 0 Å². The lowest BCUT2D eigenvalue weighted by Crippen LogP contribution is -2.43. The fraction of sp³-hybridized carbons (Fsp3) is 1.00. The molecule has 0 saturated carbocycles. The third kappa shape index (κ3) is 21.0. The van der Waals surface area contributed by atoms with Gasteiger partial charge in [0.25, 0.3) is 0 Å². The van der Waals surface area contributed by atoms with Crippen molar-refractivity contribution in [1.82, 2.24) is 4.90 Å². The summed E-state index contributed by atoms with van der Waals surface area (Å²) in [4.78, 5) is 2.56. The first-order chi connectivity index (χ1) is 14.0. The van der Waals surface area contributed by atoms with Crippen LogP contribution < -0.4 is 5.73 Å². The average Bonchev–Trinajstić information content (AvgIpc) is 2.67. The highest BCUT2D eigenvalue weighted by atomic mass is 15.2. The molecule has 0 rings (SSSR count). The highest BCUT2D eigenvalue weighted by Gasteiger charge is 2.12. The zero-order chi connectivity index (χ0) is 21.7. The van der Waals surface area contributed by atoms with Crippen LogP contribution >= 0.6 is 0 Å². The van der Waals surface area contributed by atoms with E-state index >= 15 is 0 Å². The predicted molar refractivity (Wildman–Crippen MR) is 133 cm³/mol. The minimum atomic E-state index is 0.284. The maximum Gasteiger partial charge on any atom is 0.0571 e. The molecule has 0 aromatic rings. The van der Waals surface area contributed by atoms with Crippen molar-refractivity contribution in [2.75, 3.05) is 13.1 Å². The van der Waals surface area contributed by atoms with Crippen molar-refractivity contribution in [2.45, 2.75) is 150 Å². The number of rotatable bonds is 22. The van der Waals surface area contributed by atoms with Crippen molar-refractivity contribution in [2.24, 2.45) is 17.6 Å². The maximum atomic E-state index is 6.55. The smallest absolute Gasteiger partial charge is 0.0571 e. The molecule has 2 nitrogen and oxygen atoms in total. The lowest BCUT2D eigenvalue weighted by molar-refractivity contribution is 0.183. The van der Waals surface area contributed by atoms with E-state index in [0.717, 1.165) is 11.8 Å². The van der Waals surface area contributed by atoms with Crippen LogP contribution in [-0.2, 0) is 0 Å². The minimum absolute atomic E-state index is 0.284. The van der Waals surface area contributed by atoms with E-state index in [4.69, 9.17) is 5.73 Å². The van der Waals surface area contributed by atoms with Gasteiger partial charge in [-0.2, -0.15) is 0 Å². The highest BCUT2D eigenvalue weighted by Crippen LogP contribution is 2.15. The standard InChI is InChI=1S/C27H58N2/c1-6-23-29(24-19-15-11-7-8-12-16-20-25(2)3)27(28)22-18-14-10-9-13-17-21-26(4)5/h25-27H,6-24,28H2,1-5H3. The van der Waals surface area contributed by atoms with Gasteiger partial charge in [-0.3, -0.25) is 4.90 Å². The molecule has 0 aromatic carbocycles. The molecule has 0 amide bonds. The number of unbranched alkanes of at least 4 members (excludes halogenated alkanes) is 11. The summed E-state index contributed by atoms with van der Waals surface area (Å²) in [7, 11) is 0. The summed E-state index contributed by atoms with van der Waals surface area (Å²) < 4.78 is 0. The molecule has 1 unspecified atom stereocenters. The van der Waals surface area contributed by atoms with Gasteiger partial charge in [-0.15, -0.1) is 0 Å². The van der Waals surface area contributed by atoms with E-state index in [0.29, 0.717) is 0 Å². The molecule has 2 heteroatoms. The fourth-order valence-corrected chi connectivity index (χ4v) is 4.28. The zero-order valence-corrected chi connectivity index (χ0v) is 21.2. The van der Waals surface area contributed by atoms with E-state index in [-0.39, 0.29) is 6.17 Å². The van der Waals surface area contributed by atoms with E-state index < -0.39 is 0 Å². The number of hydrogen-bond acceptors (Lipinski definition) is 2. The van der Waals surface area contributed by atoms with Crippen molar-refractivity contribution >= 4 is 0 Å². The Kier molecular flexibility index (Phi) is 21.1. The van der Waals surface area contributed by atoms with Gasteiger partial charge in [0.05, 0.1) is 6.17 Å². The summed E-state index contributed by atoms with van der Waals surface area (Å²) in [6.07, 6.45) is 23.7. The van der Waals surface area contributed by atoms with Gasteiger partial charge in [0.2, 0.25) is 0 Å². The molecular weight excluding hydrogens is 352 g/mol. The Morgan fingerprint density at radius 3 is 1.31 bits per heavy atom. The average molecular weight is 411 g/mol. The number of nitrogens with zero attached hydrogens (tertiary/aromatic N) is 1. The maximum absolute atomic E-state index is 6.55. The first-order valence-electron chi connectivity index (χ1n) is 13.5. The van der Waals surface area contributed by atoms with E-state index in [1.54, 1.807) is 0 Å². The SMILES string of the molecule is CCCN(CCCCCCCCCC(C)C)C(N)CCCCCCCCC(C)C. The Morgan fingerprint density at radius 2 is 0.897 bits per heavy atom. The first kappa shape index (κ1) is 28.9. The summed E-state index contributed by atoms with van der Waals surface area (Å²) in [5, 5.41) is 0. The summed E-state index contributed by atoms with van der Waals surface area (Å²) >= 11 is 0. The molecule has 0 heterocycles. The Bertz CT molecular complexity index is 314. The second-order valence-electron chi connectivity index (χ2n) is 10.4. The monoisotopic (exact) mass is 410 g/mol. The summed E-state index contributed by atoms with van der Waals surface area (Å²) in [5.41, 5.74) is 6.55. The van der Waals surface area contributed by atoms with Crippen molar-refractivity contribution < 1.29 is 0 Å². The molecule has 0 aliphatic heterocycles. The molecule has 0 bridgehead atoms. The fourth-order valence-electron chi connectivity index (χ4n) is 4.28. The van der Waals surface area contributed by atoms with Crippen LogP contribution in [0.2, 0.25) is 0 Å². The van der Waals surface area contributed by atoms with Gasteiger partial charge in [-0.05, 0) is 44.2 Å². The zero-order valence-electron chi connectivity index (χ0n) is 21.2. The van der Waals surface area contributed by atoms with Gasteiger partial charge in [-0.1, -0.05) is 125 Å². The van der Waals surface area contributed by atoms with E-state index in [2.05, 4.69) is 39.5 Å². The lowest BCUT2D eigenvalue weighted by Gasteiger charge is -2.28. The van der Waals surface area contributed by atoms with Crippen LogP contribution in [0, 0.1) is 11.8 Å². The number of hydrogen-bond donors (Lipinski definition) is 1. The molecule has 29 heavy (non-hydrogen) atoms. The van der Waals surface area contributed by atoms with E-state index in [9.17, 15) is 0 Å². The second-order valence-corrected chi connectivity index (χ2v) is 10.4. The Labute approximate surface area is 185 Å². The van der Waals surface area contributed by atoms with Crippen LogP contribution in [0.5, 0.6) is 0 Å². The predicted octanol–water partition coefficient (Wildman–Crippen LogP) is 8.54. The lowest BCUT2D eigenvalue weighted by atomic mass is 10.0. The van der Waals surface area contributed by atoms with Gasteiger partial charge in [-0.25, -0.2) is 0 Å². The van der Waals surface area contributed by atoms with Gasteiger partial charge in [0.15, 0.2) is 0 Å². The Morgan fingerprint density at radius 1 is 0.517 bits per heavy atom. The topological polar surface area (TPSA) is 29.3 Å². The molecule has 0 saturated heterocycles. The Balaban J connectivity index is 3.65. The summed E-state index contributed by atoms with van der Waals surface area (Å²) in [6.45, 7) is 14.0. The van der Waals surface area contributed by atoms with Crippen LogP contribution in [0.15, 0.2) is 0 Å². The summed E-state index contributed by atoms with van der Waals surface area (Å²) in [5.74, 6) is 1.74. The second kappa shape index (κ2) is 21.2. The molecule has 0 aliphatic rings. The molecule has 0 fully saturated rings. The molecular formula is C27H58N2. The third-order valence-corrected chi connectivity index (χ3v) is 6.24. The molecule has 0 aliphatic carbocycles. The minimum Gasteiger partial charge on any atom is -0.316 e. The van der Waals surface area contributed by atoms with Crippen molar-refractivity contribution in [3.05, 3.63) is 0 Å². The largest absolute Gasteiger partial charge is 0.316 e. The molecule has 0 spiro atoms. The van der Waals surface area contributed by atoms with E-state index in [1.165, 1.54) is 122 Å². The van der Waals surface area contributed by atoms with Crippen molar-refractivity contribution in [3.63, 3.8) is 0 Å². The van der Waals surface area contributed by atoms with Crippen LogP contribution in [0.3, 0.4) is 0 Å². The summed E-state index contributed by atoms with van der Waals surface area (Å²) in [6, 6.07) is 0. The van der Waals surface area contributed by atoms with Crippen molar-refractivity contribution in [1.29, 1.82) is 0 Å². The highest BCUT2D eigenvalue weighted by molar-refractivity contribution is 4.66. The molecule has 1 atom stereocenters. The molecule has 0 radical (unpaired) electrons. The van der Waals surface area contributed by atoms with Crippen LogP contribution in [0.1, 0.15) is 144 Å². The van der Waals surface area contributed by atoms with Gasteiger partial charge >= 0.3 is 0 Å². The third-order valence-electron chi connectivity index (χ3n) is 6.24. The Hall–Kier alpha value is -0.0800.